The van der Waals surface area contributed by atoms with Crippen molar-refractivity contribution in [1.82, 2.24) is 0 Å². The zero-order valence-corrected chi connectivity index (χ0v) is 9.17. The summed E-state index contributed by atoms with van der Waals surface area (Å²) in [7, 11) is 0. The molecule has 16 heavy (non-hydrogen) atoms. The quantitative estimate of drug-likeness (QED) is 0.430. The van der Waals surface area contributed by atoms with E-state index in [0.717, 1.165) is 23.3 Å². The molecule has 2 nitrogen and oxygen atoms in total. The Labute approximate surface area is 95.8 Å². The van der Waals surface area contributed by atoms with Crippen LogP contribution in [-0.4, -0.2) is 17.0 Å². The normalized spacial score (nSPS) is 16.8. The molecule has 2 rings (SSSR count). The molecule has 0 aliphatic carbocycles. The van der Waals surface area contributed by atoms with Crippen LogP contribution in [0.3, 0.4) is 0 Å². The maximum atomic E-state index is 11.2. The van der Waals surface area contributed by atoms with Crippen molar-refractivity contribution in [1.29, 1.82) is 0 Å². The molecule has 0 saturated carbocycles. The van der Waals surface area contributed by atoms with Crippen LogP contribution in [0.4, 0.5) is 0 Å². The topological polar surface area (TPSA) is 26.1 Å². The summed E-state index contributed by atoms with van der Waals surface area (Å²) in [6.07, 6.45) is 9.71. The molecule has 1 aromatic carbocycles. The fourth-order valence-corrected chi connectivity index (χ4v) is 1.74. The summed E-state index contributed by atoms with van der Waals surface area (Å²) in [5, 5.41) is 11.2. The van der Waals surface area contributed by atoms with Crippen LogP contribution in [-0.2, 0) is 0 Å². The van der Waals surface area contributed by atoms with Crippen molar-refractivity contribution in [2.75, 3.05) is 6.54 Å². The highest BCUT2D eigenvalue weighted by Crippen LogP contribution is 2.05. The number of allylic oxidation sites excluding steroid dienone is 3. The third kappa shape index (κ3) is 2.83. The lowest BCUT2D eigenvalue weighted by Gasteiger charge is -1.96. The molecule has 0 fully saturated rings. The van der Waals surface area contributed by atoms with Crippen LogP contribution in [0.15, 0.2) is 48.6 Å². The number of hydroxylamine groups is 1. The molecule has 0 aromatic heterocycles. The van der Waals surface area contributed by atoms with Gasteiger partial charge in [-0.05, 0) is 5.56 Å². The Hall–Kier alpha value is -1.83. The molecule has 1 aliphatic rings. The van der Waals surface area contributed by atoms with E-state index in [9.17, 15) is 5.21 Å². The highest BCUT2D eigenvalue weighted by atomic mass is 16.5. The van der Waals surface area contributed by atoms with E-state index in [0.29, 0.717) is 6.54 Å². The molecule has 0 saturated heterocycles. The molecule has 0 bridgehead atoms. The lowest BCUT2D eigenvalue weighted by Crippen LogP contribution is -2.03. The first-order valence-electron chi connectivity index (χ1n) is 5.56. The van der Waals surface area contributed by atoms with Gasteiger partial charge < -0.3 is 5.21 Å². The maximum Gasteiger partial charge on any atom is 0.187 e. The van der Waals surface area contributed by atoms with E-state index in [1.807, 2.05) is 54.6 Å². The largest absolute Gasteiger partial charge is 0.624 e. The molecule has 1 aliphatic heterocycles. The standard InChI is InChI=1S/C14H15NO/c16-15-12-6-11-14(15)10-5-4-9-13-7-2-1-3-8-13/h1-5,7-10H,6,11-12H2/b9-4+,10-5+. The van der Waals surface area contributed by atoms with Gasteiger partial charge in [0.25, 0.3) is 0 Å². The molecular weight excluding hydrogens is 198 g/mol. The average Bonchev–Trinajstić information content (AvgIpc) is 2.72. The molecule has 0 spiro atoms. The van der Waals surface area contributed by atoms with Crippen molar-refractivity contribution in [3.63, 3.8) is 0 Å². The van der Waals surface area contributed by atoms with Gasteiger partial charge in [0.05, 0.1) is 0 Å². The van der Waals surface area contributed by atoms with Gasteiger partial charge in [0, 0.05) is 18.9 Å². The van der Waals surface area contributed by atoms with Crippen molar-refractivity contribution in [2.45, 2.75) is 12.8 Å². The molecule has 0 N–H and O–H groups in total. The molecule has 82 valence electrons. The van der Waals surface area contributed by atoms with Crippen molar-refractivity contribution in [3.8, 4) is 0 Å². The summed E-state index contributed by atoms with van der Waals surface area (Å²) in [5.41, 5.74) is 2.06. The van der Waals surface area contributed by atoms with E-state index in [-0.39, 0.29) is 0 Å². The maximum absolute atomic E-state index is 11.2. The van der Waals surface area contributed by atoms with Gasteiger partial charge in [-0.15, -0.1) is 0 Å². The second kappa shape index (κ2) is 5.31. The van der Waals surface area contributed by atoms with Crippen LogP contribution in [0, 0.1) is 5.21 Å². The molecule has 0 atom stereocenters. The zero-order chi connectivity index (χ0) is 11.2. The van der Waals surface area contributed by atoms with E-state index in [1.54, 1.807) is 0 Å². The van der Waals surface area contributed by atoms with Crippen LogP contribution >= 0.6 is 0 Å². The van der Waals surface area contributed by atoms with Crippen molar-refractivity contribution in [2.24, 2.45) is 0 Å². The third-order valence-electron chi connectivity index (χ3n) is 2.60. The van der Waals surface area contributed by atoms with Gasteiger partial charge >= 0.3 is 0 Å². The summed E-state index contributed by atoms with van der Waals surface area (Å²) in [6, 6.07) is 10.1. The van der Waals surface area contributed by atoms with Crippen LogP contribution in [0.1, 0.15) is 18.4 Å². The number of rotatable bonds is 3. The van der Waals surface area contributed by atoms with Crippen molar-refractivity contribution >= 4 is 11.8 Å². The third-order valence-corrected chi connectivity index (χ3v) is 2.60. The Morgan fingerprint density at radius 1 is 1.06 bits per heavy atom. The monoisotopic (exact) mass is 213 g/mol. The zero-order valence-electron chi connectivity index (χ0n) is 9.17. The minimum Gasteiger partial charge on any atom is -0.624 e. The highest BCUT2D eigenvalue weighted by molar-refractivity contribution is 5.91. The molecule has 0 unspecified atom stereocenters. The Balaban J connectivity index is 1.95. The van der Waals surface area contributed by atoms with Crippen LogP contribution < -0.4 is 0 Å². The van der Waals surface area contributed by atoms with Crippen LogP contribution in [0.2, 0.25) is 0 Å². The van der Waals surface area contributed by atoms with E-state index in [1.165, 1.54) is 5.56 Å². The Morgan fingerprint density at radius 2 is 1.81 bits per heavy atom. The van der Waals surface area contributed by atoms with E-state index >= 15 is 0 Å². The summed E-state index contributed by atoms with van der Waals surface area (Å²) in [6.45, 7) is 0.641. The van der Waals surface area contributed by atoms with Gasteiger partial charge in [0.2, 0.25) is 0 Å². The van der Waals surface area contributed by atoms with Gasteiger partial charge in [0.15, 0.2) is 12.3 Å². The summed E-state index contributed by atoms with van der Waals surface area (Å²) < 4.78 is 1.08. The van der Waals surface area contributed by atoms with E-state index < -0.39 is 0 Å². The predicted octanol–water partition coefficient (Wildman–Crippen LogP) is 3.00. The van der Waals surface area contributed by atoms with Gasteiger partial charge in [-0.2, -0.15) is 0 Å². The van der Waals surface area contributed by atoms with Gasteiger partial charge in [0.1, 0.15) is 0 Å². The van der Waals surface area contributed by atoms with Gasteiger partial charge in [-0.25, -0.2) is 4.74 Å². The predicted molar refractivity (Wildman–Crippen MR) is 67.4 cm³/mol. The molecule has 1 heterocycles. The minimum absolute atomic E-state index is 0.641. The van der Waals surface area contributed by atoms with Crippen LogP contribution in [0.5, 0.6) is 0 Å². The molecular formula is C14H15NO. The number of nitrogens with zero attached hydrogens (tertiary/aromatic N) is 1. The Morgan fingerprint density at radius 3 is 2.50 bits per heavy atom. The molecule has 2 heteroatoms. The average molecular weight is 213 g/mol. The van der Waals surface area contributed by atoms with Gasteiger partial charge in [-0.1, -0.05) is 48.6 Å². The SMILES string of the molecule is [O-][N+]1=C(/C=C/C=C/c2ccccc2)CCC1. The number of hydrogen-bond acceptors (Lipinski definition) is 1. The highest BCUT2D eigenvalue weighted by Gasteiger charge is 2.13. The molecule has 1 aromatic rings. The minimum atomic E-state index is 0.641. The number of benzene rings is 1. The van der Waals surface area contributed by atoms with E-state index in [4.69, 9.17) is 0 Å². The first-order chi connectivity index (χ1) is 7.86. The second-order valence-corrected chi connectivity index (χ2v) is 3.83. The first kappa shape index (κ1) is 10.7. The summed E-state index contributed by atoms with van der Waals surface area (Å²) in [4.78, 5) is 0. The summed E-state index contributed by atoms with van der Waals surface area (Å²) in [5.74, 6) is 0. The molecule has 0 radical (unpaired) electrons. The Bertz CT molecular complexity index is 429. The molecule has 0 amide bonds. The lowest BCUT2D eigenvalue weighted by atomic mass is 10.2. The van der Waals surface area contributed by atoms with E-state index in [2.05, 4.69) is 0 Å². The fraction of sp³-hybridized carbons (Fsp3) is 0.214. The number of hydrogen-bond donors (Lipinski definition) is 0. The van der Waals surface area contributed by atoms with Crippen LogP contribution in [0.25, 0.3) is 6.08 Å². The van der Waals surface area contributed by atoms with Crippen molar-refractivity contribution in [3.05, 3.63) is 59.3 Å². The second-order valence-electron chi connectivity index (χ2n) is 3.83. The first-order valence-corrected chi connectivity index (χ1v) is 5.56. The smallest absolute Gasteiger partial charge is 0.187 e. The fourth-order valence-electron chi connectivity index (χ4n) is 1.74. The summed E-state index contributed by atoms with van der Waals surface area (Å²) >= 11 is 0. The van der Waals surface area contributed by atoms with Gasteiger partial charge in [-0.3, -0.25) is 0 Å². The lowest BCUT2D eigenvalue weighted by molar-refractivity contribution is -0.447. The Kier molecular flexibility index (Phi) is 3.54. The van der Waals surface area contributed by atoms with Crippen molar-refractivity contribution < 1.29 is 4.74 Å².